The monoisotopic (exact) mass is 514 g/mol. The van der Waals surface area contributed by atoms with Crippen molar-refractivity contribution in [2.24, 2.45) is 5.73 Å². The molecule has 0 bridgehead atoms. The van der Waals surface area contributed by atoms with Crippen LogP contribution in [0.15, 0.2) is 23.6 Å². The highest BCUT2D eigenvalue weighted by molar-refractivity contribution is 7.11. The standard InChI is InChI=1S/C24H30N6O5S/c1-13-7-8-14(24(2,3)4)11-16(13)35-23-27-15(12-36-23)19(32)28-18-20(33-5)29-22(30-21(18)34-6)26-10-9-17(25)31/h7-8,11-12H,9-10H2,1-6H3,(H2,25,31)(H,28,32)(H,26,29,30). The molecule has 12 heteroatoms. The molecule has 36 heavy (non-hydrogen) atoms. The van der Waals surface area contributed by atoms with Gasteiger partial charge >= 0.3 is 0 Å². The van der Waals surface area contributed by atoms with Gasteiger partial charge < -0.3 is 30.6 Å². The summed E-state index contributed by atoms with van der Waals surface area (Å²) in [7, 11) is 2.79. The third-order valence-corrected chi connectivity index (χ3v) is 5.81. The van der Waals surface area contributed by atoms with Crippen LogP contribution in [-0.2, 0) is 10.2 Å². The number of nitrogens with zero attached hydrogens (tertiary/aromatic N) is 3. The van der Waals surface area contributed by atoms with E-state index in [4.69, 9.17) is 19.9 Å². The fourth-order valence-electron chi connectivity index (χ4n) is 3.06. The fourth-order valence-corrected chi connectivity index (χ4v) is 3.72. The highest BCUT2D eigenvalue weighted by atomic mass is 32.1. The lowest BCUT2D eigenvalue weighted by molar-refractivity contribution is -0.117. The maximum atomic E-state index is 12.9. The van der Waals surface area contributed by atoms with E-state index in [1.165, 1.54) is 25.6 Å². The number of hydrogen-bond donors (Lipinski definition) is 3. The smallest absolute Gasteiger partial charge is 0.279 e. The number of thiazole rings is 1. The first-order valence-electron chi connectivity index (χ1n) is 11.1. The van der Waals surface area contributed by atoms with Gasteiger partial charge in [-0.3, -0.25) is 9.59 Å². The van der Waals surface area contributed by atoms with E-state index in [1.807, 2.05) is 19.1 Å². The number of primary amides is 1. The molecule has 2 aromatic heterocycles. The second-order valence-electron chi connectivity index (χ2n) is 8.87. The summed E-state index contributed by atoms with van der Waals surface area (Å²) < 4.78 is 16.6. The zero-order valence-electron chi connectivity index (χ0n) is 21.1. The van der Waals surface area contributed by atoms with Crippen LogP contribution >= 0.6 is 11.3 Å². The van der Waals surface area contributed by atoms with Crippen LogP contribution in [0.3, 0.4) is 0 Å². The molecule has 192 valence electrons. The molecule has 0 spiro atoms. The zero-order chi connectivity index (χ0) is 26.5. The largest absolute Gasteiger partial charge is 0.479 e. The summed E-state index contributed by atoms with van der Waals surface area (Å²) in [6.07, 6.45) is 0.0979. The van der Waals surface area contributed by atoms with Gasteiger partial charge in [0.25, 0.3) is 11.1 Å². The van der Waals surface area contributed by atoms with Crippen LogP contribution < -0.4 is 30.6 Å². The first kappa shape index (κ1) is 26.7. The molecule has 0 saturated carbocycles. The number of carbonyl (C=O) groups is 2. The van der Waals surface area contributed by atoms with Gasteiger partial charge in [0.1, 0.15) is 11.4 Å². The van der Waals surface area contributed by atoms with Crippen LogP contribution in [0.5, 0.6) is 22.7 Å². The van der Waals surface area contributed by atoms with E-state index in [1.54, 1.807) is 5.38 Å². The minimum atomic E-state index is -0.518. The summed E-state index contributed by atoms with van der Waals surface area (Å²) in [5.41, 5.74) is 7.48. The number of benzene rings is 1. The number of carbonyl (C=O) groups excluding carboxylic acids is 2. The SMILES string of the molecule is COc1nc(NCCC(N)=O)nc(OC)c1NC(=O)c1csc(Oc2cc(C(C)(C)C)ccc2C)n1. The summed E-state index contributed by atoms with van der Waals surface area (Å²) >= 11 is 1.20. The molecule has 0 radical (unpaired) electrons. The van der Waals surface area contributed by atoms with Crippen molar-refractivity contribution in [3.05, 3.63) is 40.4 Å². The van der Waals surface area contributed by atoms with Crippen LogP contribution in [0.2, 0.25) is 0 Å². The van der Waals surface area contributed by atoms with Gasteiger partial charge in [0.05, 0.1) is 14.2 Å². The molecule has 0 fully saturated rings. The molecular formula is C24H30N6O5S. The van der Waals surface area contributed by atoms with Crippen LogP contribution in [-0.4, -0.2) is 47.5 Å². The Labute approximate surface area is 213 Å². The summed E-state index contributed by atoms with van der Waals surface area (Å²) in [5.74, 6) is -0.0128. The number of anilines is 2. The third kappa shape index (κ3) is 6.60. The Hall–Kier alpha value is -3.93. The third-order valence-electron chi connectivity index (χ3n) is 5.09. The highest BCUT2D eigenvalue weighted by Gasteiger charge is 2.22. The van der Waals surface area contributed by atoms with Gasteiger partial charge in [-0.1, -0.05) is 44.2 Å². The Kier molecular flexibility index (Phi) is 8.30. The van der Waals surface area contributed by atoms with Crippen molar-refractivity contribution in [2.75, 3.05) is 31.4 Å². The zero-order valence-corrected chi connectivity index (χ0v) is 21.9. The van der Waals surface area contributed by atoms with E-state index in [0.29, 0.717) is 10.9 Å². The molecular weight excluding hydrogens is 484 g/mol. The number of nitrogens with two attached hydrogens (primary N) is 1. The number of methoxy groups -OCH3 is 2. The molecule has 0 aliphatic heterocycles. The van der Waals surface area contributed by atoms with Crippen molar-refractivity contribution >= 4 is 34.8 Å². The van der Waals surface area contributed by atoms with E-state index in [-0.39, 0.29) is 47.5 Å². The van der Waals surface area contributed by atoms with Crippen LogP contribution in [0.4, 0.5) is 11.6 Å². The van der Waals surface area contributed by atoms with E-state index >= 15 is 0 Å². The number of aryl methyl sites for hydroxylation is 1. The summed E-state index contributed by atoms with van der Waals surface area (Å²) in [6.45, 7) is 8.57. The Morgan fingerprint density at radius 2 is 1.75 bits per heavy atom. The molecule has 0 aliphatic carbocycles. The molecule has 0 atom stereocenters. The maximum Gasteiger partial charge on any atom is 0.279 e. The average Bonchev–Trinajstić information content (AvgIpc) is 3.28. The lowest BCUT2D eigenvalue weighted by Gasteiger charge is -2.20. The normalized spacial score (nSPS) is 11.1. The van der Waals surface area contributed by atoms with Gasteiger partial charge in [-0.2, -0.15) is 15.0 Å². The van der Waals surface area contributed by atoms with Gasteiger partial charge in [0.2, 0.25) is 23.6 Å². The molecule has 0 saturated heterocycles. The Bertz CT molecular complexity index is 1230. The van der Waals surface area contributed by atoms with Crippen LogP contribution in [0.1, 0.15) is 48.8 Å². The van der Waals surface area contributed by atoms with Gasteiger partial charge in [0.15, 0.2) is 5.69 Å². The molecule has 1 aromatic carbocycles. The fraction of sp³-hybridized carbons (Fsp3) is 0.375. The number of amides is 2. The number of aromatic nitrogens is 3. The van der Waals surface area contributed by atoms with Crippen molar-refractivity contribution in [2.45, 2.75) is 39.5 Å². The molecule has 0 unspecified atom stereocenters. The first-order valence-corrected chi connectivity index (χ1v) is 12.0. The van der Waals surface area contributed by atoms with E-state index in [2.05, 4.69) is 52.4 Å². The topological polar surface area (TPSA) is 151 Å². The molecule has 3 aromatic rings. The molecule has 2 heterocycles. The quantitative estimate of drug-likeness (QED) is 0.366. The lowest BCUT2D eigenvalue weighted by atomic mass is 9.86. The Morgan fingerprint density at radius 1 is 1.08 bits per heavy atom. The molecule has 2 amide bonds. The molecule has 0 aliphatic rings. The Balaban J connectivity index is 1.78. The minimum Gasteiger partial charge on any atom is -0.479 e. The second kappa shape index (κ2) is 11.2. The highest BCUT2D eigenvalue weighted by Crippen LogP contribution is 2.35. The summed E-state index contributed by atoms with van der Waals surface area (Å²) in [6, 6.07) is 6.06. The average molecular weight is 515 g/mol. The minimum absolute atomic E-state index is 0.0349. The summed E-state index contributed by atoms with van der Waals surface area (Å²) in [4.78, 5) is 36.6. The number of ether oxygens (including phenoxy) is 3. The van der Waals surface area contributed by atoms with Gasteiger partial charge in [0, 0.05) is 18.3 Å². The van der Waals surface area contributed by atoms with Crippen molar-refractivity contribution in [1.82, 2.24) is 15.0 Å². The van der Waals surface area contributed by atoms with Crippen molar-refractivity contribution in [1.29, 1.82) is 0 Å². The lowest BCUT2D eigenvalue weighted by Crippen LogP contribution is -2.18. The second-order valence-corrected chi connectivity index (χ2v) is 9.69. The van der Waals surface area contributed by atoms with Crippen LogP contribution in [0.25, 0.3) is 0 Å². The number of rotatable bonds is 10. The van der Waals surface area contributed by atoms with Crippen molar-refractivity contribution < 1.29 is 23.8 Å². The van der Waals surface area contributed by atoms with Gasteiger partial charge in [-0.15, -0.1) is 0 Å². The van der Waals surface area contributed by atoms with Gasteiger partial charge in [-0.05, 0) is 29.5 Å². The Morgan fingerprint density at radius 3 is 2.33 bits per heavy atom. The van der Waals surface area contributed by atoms with E-state index < -0.39 is 11.8 Å². The van der Waals surface area contributed by atoms with Gasteiger partial charge in [-0.25, -0.2) is 0 Å². The van der Waals surface area contributed by atoms with Crippen molar-refractivity contribution in [3.63, 3.8) is 0 Å². The van der Waals surface area contributed by atoms with E-state index in [9.17, 15) is 9.59 Å². The molecule has 3 rings (SSSR count). The number of nitrogens with one attached hydrogen (secondary N) is 2. The first-order chi connectivity index (χ1) is 17.0. The molecule has 11 nitrogen and oxygen atoms in total. The van der Waals surface area contributed by atoms with E-state index in [0.717, 1.165) is 11.1 Å². The predicted molar refractivity (Wildman–Crippen MR) is 137 cm³/mol. The maximum absolute atomic E-state index is 12.9. The summed E-state index contributed by atoms with van der Waals surface area (Å²) in [5, 5.41) is 7.47. The predicted octanol–water partition coefficient (Wildman–Crippen LogP) is 3.89. The van der Waals surface area contributed by atoms with Crippen LogP contribution in [0, 0.1) is 6.92 Å². The number of hydrogen-bond acceptors (Lipinski definition) is 10. The molecule has 4 N–H and O–H groups in total. The van der Waals surface area contributed by atoms with Crippen molar-refractivity contribution in [3.8, 4) is 22.7 Å².